The minimum Gasteiger partial charge on any atom is -0.0656 e. The minimum absolute atomic E-state index is 1.03. The highest BCUT2D eigenvalue weighted by Crippen LogP contribution is 2.36. The lowest BCUT2D eigenvalue weighted by Gasteiger charge is -2.31. The van der Waals surface area contributed by atoms with Crippen LogP contribution in [-0.2, 0) is 0 Å². The van der Waals surface area contributed by atoms with Crippen LogP contribution in [0.4, 0.5) is 0 Å². The Bertz CT molecular complexity index is 159. The van der Waals surface area contributed by atoms with Crippen LogP contribution in [0.2, 0.25) is 0 Å². The molecule has 0 radical (unpaired) electrons. The van der Waals surface area contributed by atoms with E-state index in [1.807, 2.05) is 0 Å². The van der Waals surface area contributed by atoms with Crippen molar-refractivity contribution in [3.05, 3.63) is 0 Å². The zero-order valence-corrected chi connectivity index (χ0v) is 12.5. The second kappa shape index (κ2) is 9.00. The predicted molar refractivity (Wildman–Crippen MR) is 78.3 cm³/mol. The summed E-state index contributed by atoms with van der Waals surface area (Å²) in [5.41, 5.74) is 0. The van der Waals surface area contributed by atoms with Crippen LogP contribution in [0.25, 0.3) is 0 Å². The second-order valence-corrected chi connectivity index (χ2v) is 6.57. The summed E-state index contributed by atoms with van der Waals surface area (Å²) < 4.78 is 0. The first-order valence-electron chi connectivity index (χ1n) is 8.26. The Balaban J connectivity index is 0.000000437. The van der Waals surface area contributed by atoms with E-state index in [0.29, 0.717) is 0 Å². The van der Waals surface area contributed by atoms with Crippen molar-refractivity contribution in [3.8, 4) is 0 Å². The van der Waals surface area contributed by atoms with Crippen LogP contribution in [0.15, 0.2) is 0 Å². The van der Waals surface area contributed by atoms with Gasteiger partial charge in [-0.25, -0.2) is 0 Å². The van der Waals surface area contributed by atoms with E-state index in [1.54, 1.807) is 19.3 Å². The second-order valence-electron chi connectivity index (χ2n) is 6.57. The molecule has 0 N–H and O–H groups in total. The summed E-state index contributed by atoms with van der Waals surface area (Å²) in [6.07, 6.45) is 16.6. The van der Waals surface area contributed by atoms with Crippen molar-refractivity contribution < 1.29 is 0 Å². The maximum absolute atomic E-state index is 2.43. The molecule has 17 heavy (non-hydrogen) atoms. The topological polar surface area (TPSA) is 0 Å². The van der Waals surface area contributed by atoms with Crippen LogP contribution in [0.3, 0.4) is 0 Å². The van der Waals surface area contributed by atoms with E-state index in [9.17, 15) is 0 Å². The summed E-state index contributed by atoms with van der Waals surface area (Å²) in [6, 6.07) is 0. The zero-order valence-electron chi connectivity index (χ0n) is 12.5. The molecule has 0 heteroatoms. The fourth-order valence-electron chi connectivity index (χ4n) is 3.46. The molecule has 2 aliphatic carbocycles. The summed E-state index contributed by atoms with van der Waals surface area (Å²) in [5, 5.41) is 0. The molecule has 2 fully saturated rings. The van der Waals surface area contributed by atoms with Gasteiger partial charge < -0.3 is 0 Å². The molecule has 0 aliphatic heterocycles. The Kier molecular flexibility index (Phi) is 7.97. The van der Waals surface area contributed by atoms with Crippen molar-refractivity contribution in [2.75, 3.05) is 0 Å². The Morgan fingerprint density at radius 2 is 1.18 bits per heavy atom. The van der Waals surface area contributed by atoms with Gasteiger partial charge in [-0.05, 0) is 24.2 Å². The van der Waals surface area contributed by atoms with E-state index in [1.165, 1.54) is 51.4 Å². The van der Waals surface area contributed by atoms with E-state index in [4.69, 9.17) is 0 Å². The highest BCUT2D eigenvalue weighted by atomic mass is 14.3. The Morgan fingerprint density at radius 1 is 0.706 bits per heavy atom. The van der Waals surface area contributed by atoms with Gasteiger partial charge >= 0.3 is 0 Å². The molecule has 0 aromatic rings. The normalized spacial score (nSPS) is 30.5. The molecule has 0 spiro atoms. The molecule has 0 unspecified atom stereocenters. The Hall–Kier alpha value is 0. The van der Waals surface area contributed by atoms with Gasteiger partial charge in [-0.15, -0.1) is 0 Å². The van der Waals surface area contributed by atoms with Gasteiger partial charge in [0.1, 0.15) is 0 Å². The maximum atomic E-state index is 2.43. The maximum Gasteiger partial charge on any atom is -0.0411 e. The first-order valence-corrected chi connectivity index (χ1v) is 8.26. The van der Waals surface area contributed by atoms with Gasteiger partial charge in [0, 0.05) is 0 Å². The van der Waals surface area contributed by atoms with E-state index >= 15 is 0 Å². The summed E-state index contributed by atoms with van der Waals surface area (Å²) in [5.74, 6) is 3.24. The summed E-state index contributed by atoms with van der Waals surface area (Å²) in [7, 11) is 0. The third kappa shape index (κ3) is 6.48. The van der Waals surface area contributed by atoms with E-state index in [2.05, 4.69) is 20.8 Å². The van der Waals surface area contributed by atoms with Gasteiger partial charge in [-0.2, -0.15) is 0 Å². The molecule has 2 saturated carbocycles. The van der Waals surface area contributed by atoms with Gasteiger partial charge in [-0.3, -0.25) is 0 Å². The molecule has 2 rings (SSSR count). The predicted octanol–water partition coefficient (Wildman–Crippen LogP) is 6.20. The Labute approximate surface area is 110 Å². The van der Waals surface area contributed by atoms with Crippen LogP contribution in [-0.4, -0.2) is 0 Å². The van der Waals surface area contributed by atoms with Gasteiger partial charge in [-0.1, -0.05) is 85.0 Å². The average Bonchev–Trinajstić information content (AvgIpc) is 2.35. The third-order valence-corrected chi connectivity index (χ3v) is 4.53. The van der Waals surface area contributed by atoms with Crippen molar-refractivity contribution in [1.29, 1.82) is 0 Å². The molecule has 0 aromatic heterocycles. The van der Waals surface area contributed by atoms with Crippen LogP contribution in [0.5, 0.6) is 0 Å². The van der Waals surface area contributed by atoms with E-state index in [-0.39, 0.29) is 0 Å². The summed E-state index contributed by atoms with van der Waals surface area (Å²) >= 11 is 0. The largest absolute Gasteiger partial charge is 0.0656 e. The monoisotopic (exact) mass is 238 g/mol. The lowest BCUT2D eigenvalue weighted by molar-refractivity contribution is 0.218. The molecule has 0 amide bonds. The first-order chi connectivity index (χ1) is 8.26. The van der Waals surface area contributed by atoms with Crippen molar-refractivity contribution in [3.63, 3.8) is 0 Å². The minimum atomic E-state index is 1.03. The summed E-state index contributed by atoms with van der Waals surface area (Å²) in [6.45, 7) is 6.68. The highest BCUT2D eigenvalue weighted by Gasteiger charge is 2.22. The van der Waals surface area contributed by atoms with Crippen molar-refractivity contribution in [2.24, 2.45) is 17.8 Å². The van der Waals surface area contributed by atoms with Crippen LogP contribution in [0, 0.1) is 17.8 Å². The van der Waals surface area contributed by atoms with Crippen LogP contribution >= 0.6 is 0 Å². The highest BCUT2D eigenvalue weighted by molar-refractivity contribution is 4.75. The molecule has 0 heterocycles. The summed E-state index contributed by atoms with van der Waals surface area (Å²) in [4.78, 5) is 0. The molecular formula is C17H34. The molecule has 0 saturated heterocycles. The van der Waals surface area contributed by atoms with Crippen LogP contribution in [0.1, 0.15) is 91.4 Å². The molecular weight excluding hydrogens is 204 g/mol. The lowest BCUT2D eigenvalue weighted by atomic mass is 9.75. The lowest BCUT2D eigenvalue weighted by Crippen LogP contribution is -2.17. The Morgan fingerprint density at radius 3 is 1.71 bits per heavy atom. The molecule has 102 valence electrons. The van der Waals surface area contributed by atoms with E-state index in [0.717, 1.165) is 17.8 Å². The molecule has 0 aromatic carbocycles. The van der Waals surface area contributed by atoms with Crippen molar-refractivity contribution in [1.82, 2.24) is 0 Å². The molecule has 0 atom stereocenters. The fourth-order valence-corrected chi connectivity index (χ4v) is 3.46. The fraction of sp³-hybridized carbons (Fsp3) is 1.00. The van der Waals surface area contributed by atoms with Crippen molar-refractivity contribution in [2.45, 2.75) is 91.4 Å². The molecule has 0 bridgehead atoms. The van der Waals surface area contributed by atoms with Gasteiger partial charge in [0.25, 0.3) is 0 Å². The van der Waals surface area contributed by atoms with Crippen molar-refractivity contribution >= 4 is 0 Å². The number of hydrogen-bond donors (Lipinski definition) is 0. The first kappa shape index (κ1) is 15.1. The van der Waals surface area contributed by atoms with Gasteiger partial charge in [0.2, 0.25) is 0 Å². The van der Waals surface area contributed by atoms with Gasteiger partial charge in [0.05, 0.1) is 0 Å². The number of rotatable bonds is 2. The number of hydrogen-bond acceptors (Lipinski definition) is 0. The third-order valence-electron chi connectivity index (χ3n) is 4.53. The smallest absolute Gasteiger partial charge is 0.0411 e. The van der Waals surface area contributed by atoms with Gasteiger partial charge in [0.15, 0.2) is 0 Å². The zero-order chi connectivity index (χ0) is 12.5. The molecule has 0 nitrogen and oxygen atoms in total. The SMILES string of the molecule is CC1CCC(CC2CCCCC2)CC1.CCC. The van der Waals surface area contributed by atoms with Crippen LogP contribution < -0.4 is 0 Å². The molecule has 2 aliphatic rings. The average molecular weight is 238 g/mol. The standard InChI is InChI=1S/C14H26.C3H8/c1-12-7-9-14(10-8-12)11-13-5-3-2-4-6-13;1-3-2/h12-14H,2-11H2,1H3;3H2,1-2H3. The van der Waals surface area contributed by atoms with E-state index < -0.39 is 0 Å². The quantitative estimate of drug-likeness (QED) is 0.537.